The molecule has 1 heterocycles. The molecule has 2 nitrogen and oxygen atoms in total. The Labute approximate surface area is 110 Å². The topological polar surface area (TPSA) is 15.3 Å². The van der Waals surface area contributed by atoms with Crippen molar-refractivity contribution in [3.05, 3.63) is 28.5 Å². The Bertz CT molecular complexity index is 397. The van der Waals surface area contributed by atoms with Gasteiger partial charge >= 0.3 is 0 Å². The summed E-state index contributed by atoms with van der Waals surface area (Å²) >= 11 is 3.41. The lowest BCUT2D eigenvalue weighted by Gasteiger charge is -2.40. The van der Waals surface area contributed by atoms with Gasteiger partial charge in [0.1, 0.15) is 5.82 Å². The van der Waals surface area contributed by atoms with E-state index >= 15 is 0 Å². The summed E-state index contributed by atoms with van der Waals surface area (Å²) in [5.74, 6) is -0.142. The molecule has 0 aliphatic carbocycles. The highest BCUT2D eigenvalue weighted by atomic mass is 79.9. The summed E-state index contributed by atoms with van der Waals surface area (Å²) in [5, 5.41) is 3.48. The Kier molecular flexibility index (Phi) is 4.05. The Balaban J connectivity index is 2.27. The van der Waals surface area contributed by atoms with Gasteiger partial charge in [0, 0.05) is 29.6 Å². The fraction of sp³-hybridized carbons (Fsp3) is 0.538. The largest absolute Gasteiger partial charge is 0.364 e. The molecule has 1 aromatic carbocycles. The first kappa shape index (κ1) is 12.8. The molecule has 0 spiro atoms. The third-order valence-corrected chi connectivity index (χ3v) is 3.85. The van der Waals surface area contributed by atoms with E-state index in [4.69, 9.17) is 0 Å². The van der Waals surface area contributed by atoms with E-state index in [0.717, 1.165) is 24.0 Å². The molecule has 2 atom stereocenters. The molecule has 1 aliphatic rings. The van der Waals surface area contributed by atoms with Crippen molar-refractivity contribution < 1.29 is 4.39 Å². The van der Waals surface area contributed by atoms with Crippen LogP contribution in [-0.2, 0) is 0 Å². The smallest absolute Gasteiger partial charge is 0.146 e. The summed E-state index contributed by atoms with van der Waals surface area (Å²) in [6, 6.07) is 5.90. The van der Waals surface area contributed by atoms with Crippen molar-refractivity contribution in [2.75, 3.05) is 18.0 Å². The molecule has 1 aromatic rings. The van der Waals surface area contributed by atoms with Gasteiger partial charge in [-0.3, -0.25) is 0 Å². The van der Waals surface area contributed by atoms with Crippen molar-refractivity contribution >= 4 is 21.6 Å². The van der Waals surface area contributed by atoms with E-state index in [1.165, 1.54) is 6.07 Å². The van der Waals surface area contributed by atoms with Crippen LogP contribution in [0, 0.1) is 5.82 Å². The third-order valence-electron chi connectivity index (χ3n) is 3.36. The molecule has 0 radical (unpaired) electrons. The summed E-state index contributed by atoms with van der Waals surface area (Å²) in [4.78, 5) is 2.16. The number of nitrogens with zero attached hydrogens (tertiary/aromatic N) is 1. The van der Waals surface area contributed by atoms with Crippen LogP contribution in [0.2, 0.25) is 0 Å². The Morgan fingerprint density at radius 3 is 3.00 bits per heavy atom. The van der Waals surface area contributed by atoms with E-state index in [-0.39, 0.29) is 5.82 Å². The molecule has 2 unspecified atom stereocenters. The molecule has 1 saturated heterocycles. The second-order valence-corrected chi connectivity index (χ2v) is 5.53. The predicted molar refractivity (Wildman–Crippen MR) is 73.0 cm³/mol. The fourth-order valence-electron chi connectivity index (χ4n) is 2.24. The fourth-order valence-corrected chi connectivity index (χ4v) is 2.59. The lowest BCUT2D eigenvalue weighted by Crippen LogP contribution is -2.55. The van der Waals surface area contributed by atoms with Crippen LogP contribution in [0.25, 0.3) is 0 Å². The molecule has 1 fully saturated rings. The molecular weight excluding hydrogens is 283 g/mol. The SMILES string of the molecule is CCC1CN(c2cc(Br)ccc2F)C(C)CN1. The van der Waals surface area contributed by atoms with Crippen LogP contribution in [0.15, 0.2) is 22.7 Å². The van der Waals surface area contributed by atoms with Gasteiger partial charge in [-0.25, -0.2) is 4.39 Å². The van der Waals surface area contributed by atoms with E-state index in [0.29, 0.717) is 17.8 Å². The van der Waals surface area contributed by atoms with Gasteiger partial charge in [-0.2, -0.15) is 0 Å². The van der Waals surface area contributed by atoms with Crippen LogP contribution in [0.1, 0.15) is 20.3 Å². The van der Waals surface area contributed by atoms with E-state index in [1.807, 2.05) is 6.07 Å². The number of benzene rings is 1. The highest BCUT2D eigenvalue weighted by Gasteiger charge is 2.25. The Hall–Kier alpha value is -0.610. The van der Waals surface area contributed by atoms with E-state index in [2.05, 4.69) is 40.0 Å². The number of rotatable bonds is 2. The highest BCUT2D eigenvalue weighted by Crippen LogP contribution is 2.27. The zero-order valence-electron chi connectivity index (χ0n) is 10.2. The zero-order chi connectivity index (χ0) is 12.4. The maximum Gasteiger partial charge on any atom is 0.146 e. The van der Waals surface area contributed by atoms with Gasteiger partial charge in [0.15, 0.2) is 0 Å². The Morgan fingerprint density at radius 1 is 1.53 bits per heavy atom. The van der Waals surface area contributed by atoms with Gasteiger partial charge in [-0.05, 0) is 31.5 Å². The molecule has 17 heavy (non-hydrogen) atoms. The van der Waals surface area contributed by atoms with Crippen molar-refractivity contribution in [2.45, 2.75) is 32.4 Å². The van der Waals surface area contributed by atoms with Gasteiger partial charge < -0.3 is 10.2 Å². The molecule has 0 aromatic heterocycles. The minimum Gasteiger partial charge on any atom is -0.364 e. The predicted octanol–water partition coefficient (Wildman–Crippen LogP) is 3.16. The second-order valence-electron chi connectivity index (χ2n) is 4.61. The quantitative estimate of drug-likeness (QED) is 0.902. The van der Waals surface area contributed by atoms with Gasteiger partial charge in [0.25, 0.3) is 0 Å². The van der Waals surface area contributed by atoms with E-state index in [9.17, 15) is 4.39 Å². The number of nitrogens with one attached hydrogen (secondary N) is 1. The third kappa shape index (κ3) is 2.80. The van der Waals surface area contributed by atoms with Crippen molar-refractivity contribution in [3.8, 4) is 0 Å². The monoisotopic (exact) mass is 300 g/mol. The normalized spacial score (nSPS) is 25.1. The van der Waals surface area contributed by atoms with Crippen LogP contribution in [0.3, 0.4) is 0 Å². The summed E-state index contributed by atoms with van der Waals surface area (Å²) in [5.41, 5.74) is 0.701. The number of halogens is 2. The van der Waals surface area contributed by atoms with Crippen LogP contribution in [0.5, 0.6) is 0 Å². The molecule has 94 valence electrons. The lowest BCUT2D eigenvalue weighted by molar-refractivity contribution is 0.394. The molecule has 1 aliphatic heterocycles. The highest BCUT2D eigenvalue weighted by molar-refractivity contribution is 9.10. The molecule has 4 heteroatoms. The summed E-state index contributed by atoms with van der Waals surface area (Å²) in [7, 11) is 0. The lowest BCUT2D eigenvalue weighted by atomic mass is 10.1. The summed E-state index contributed by atoms with van der Waals surface area (Å²) in [6.07, 6.45) is 1.07. The number of piperazine rings is 1. The molecule has 1 N–H and O–H groups in total. The average Bonchev–Trinajstić information content (AvgIpc) is 2.33. The maximum absolute atomic E-state index is 13.9. The van der Waals surface area contributed by atoms with Crippen LogP contribution in [0.4, 0.5) is 10.1 Å². The van der Waals surface area contributed by atoms with Gasteiger partial charge in [-0.15, -0.1) is 0 Å². The standard InChI is InChI=1S/C13H18BrFN2/c1-3-11-8-17(9(2)7-16-11)13-6-10(14)4-5-12(13)15/h4-6,9,11,16H,3,7-8H2,1-2H3. The van der Waals surface area contributed by atoms with Crippen molar-refractivity contribution in [1.82, 2.24) is 5.32 Å². The maximum atomic E-state index is 13.9. The van der Waals surface area contributed by atoms with Crippen LogP contribution >= 0.6 is 15.9 Å². The molecule has 0 amide bonds. The Morgan fingerprint density at radius 2 is 2.29 bits per heavy atom. The van der Waals surface area contributed by atoms with Gasteiger partial charge in [0.05, 0.1) is 5.69 Å². The van der Waals surface area contributed by atoms with Crippen molar-refractivity contribution in [2.24, 2.45) is 0 Å². The molecule has 0 bridgehead atoms. The van der Waals surface area contributed by atoms with Crippen molar-refractivity contribution in [3.63, 3.8) is 0 Å². The van der Waals surface area contributed by atoms with Gasteiger partial charge in [-0.1, -0.05) is 22.9 Å². The number of hydrogen-bond donors (Lipinski definition) is 1. The van der Waals surface area contributed by atoms with Crippen LogP contribution in [-0.4, -0.2) is 25.2 Å². The second kappa shape index (κ2) is 5.36. The number of hydrogen-bond acceptors (Lipinski definition) is 2. The van der Waals surface area contributed by atoms with Crippen LogP contribution < -0.4 is 10.2 Å². The van der Waals surface area contributed by atoms with Crippen molar-refractivity contribution in [1.29, 1.82) is 0 Å². The van der Waals surface area contributed by atoms with E-state index in [1.54, 1.807) is 6.07 Å². The number of anilines is 1. The minimum atomic E-state index is -0.142. The average molecular weight is 301 g/mol. The minimum absolute atomic E-state index is 0.142. The summed E-state index contributed by atoms with van der Waals surface area (Å²) in [6.45, 7) is 6.05. The first-order valence-corrected chi connectivity index (χ1v) is 6.86. The molecule has 0 saturated carbocycles. The van der Waals surface area contributed by atoms with E-state index < -0.39 is 0 Å². The molecular formula is C13H18BrFN2. The summed E-state index contributed by atoms with van der Waals surface area (Å²) < 4.78 is 14.8. The van der Waals surface area contributed by atoms with Gasteiger partial charge in [0.2, 0.25) is 0 Å². The zero-order valence-corrected chi connectivity index (χ0v) is 11.8. The first-order valence-electron chi connectivity index (χ1n) is 6.07. The first-order chi connectivity index (χ1) is 8.11. The molecule has 2 rings (SSSR count).